The molecule has 0 saturated heterocycles. The van der Waals surface area contributed by atoms with Crippen molar-refractivity contribution in [3.8, 4) is 0 Å². The lowest BCUT2D eigenvalue weighted by Gasteiger charge is -2.22. The molecule has 1 heterocycles. The Morgan fingerprint density at radius 1 is 0.310 bits per heavy atom. The van der Waals surface area contributed by atoms with E-state index >= 15 is 0 Å². The Bertz CT molecular complexity index is 1080. The average Bonchev–Trinajstić information content (AvgIpc) is 3.22. The fourth-order valence-electron chi connectivity index (χ4n) is 3.93. The van der Waals surface area contributed by atoms with Crippen LogP contribution < -0.4 is 0 Å². The van der Waals surface area contributed by atoms with Crippen LogP contribution in [-0.4, -0.2) is 9.52 Å². The SMILES string of the molecule is c1ccc(C2=C(c3ccccc3)C(c3ccccc3)=C(c3ccccc3)[Si-]2)cc1. The first kappa shape index (κ1) is 17.7. The standard InChI is InChI=1S/C28H20Si/c1-5-13-21(14-6-1)25-26(22-15-7-2-8-16-22)28(24-19-11-4-12-20-24)29-27(25)23-17-9-3-10-18-23/h1-20H/q-1. The van der Waals surface area contributed by atoms with Crippen LogP contribution in [0.25, 0.3) is 21.5 Å². The highest BCUT2D eigenvalue weighted by Crippen LogP contribution is 2.47. The number of benzene rings is 4. The highest BCUT2D eigenvalue weighted by Gasteiger charge is 2.19. The molecule has 0 fully saturated rings. The lowest BCUT2D eigenvalue weighted by atomic mass is 9.89. The summed E-state index contributed by atoms with van der Waals surface area (Å²) in [6.45, 7) is 0. The van der Waals surface area contributed by atoms with E-state index in [1.54, 1.807) is 0 Å². The molecule has 0 aliphatic carbocycles. The van der Waals surface area contributed by atoms with Gasteiger partial charge in [0.2, 0.25) is 0 Å². The Balaban J connectivity index is 1.81. The minimum absolute atomic E-state index is 0.617. The van der Waals surface area contributed by atoms with Crippen molar-refractivity contribution >= 4 is 31.1 Å². The summed E-state index contributed by atoms with van der Waals surface area (Å²) in [4.78, 5) is 0. The predicted molar refractivity (Wildman–Crippen MR) is 125 cm³/mol. The van der Waals surface area contributed by atoms with Crippen LogP contribution in [0.3, 0.4) is 0 Å². The first-order chi connectivity index (χ1) is 14.4. The smallest absolute Gasteiger partial charge is 0.0206 e. The minimum atomic E-state index is 0.617. The molecule has 0 atom stereocenters. The predicted octanol–water partition coefficient (Wildman–Crippen LogP) is 6.84. The summed E-state index contributed by atoms with van der Waals surface area (Å²) in [6, 6.07) is 43.4. The van der Waals surface area contributed by atoms with Crippen molar-refractivity contribution in [2.75, 3.05) is 0 Å². The summed E-state index contributed by atoms with van der Waals surface area (Å²) in [6.07, 6.45) is 0. The zero-order valence-corrected chi connectivity index (χ0v) is 17.0. The Labute approximate surface area is 174 Å². The molecule has 1 heteroatoms. The van der Waals surface area contributed by atoms with E-state index in [-0.39, 0.29) is 0 Å². The molecule has 1 radical (unpaired) electrons. The fourth-order valence-corrected chi connectivity index (χ4v) is 5.59. The molecule has 137 valence electrons. The second-order valence-electron chi connectivity index (χ2n) is 7.09. The highest BCUT2D eigenvalue weighted by atomic mass is 28.2. The van der Waals surface area contributed by atoms with E-state index < -0.39 is 0 Å². The molecule has 5 rings (SSSR count). The molecule has 0 N–H and O–H groups in total. The first-order valence-corrected chi connectivity index (χ1v) is 10.9. The van der Waals surface area contributed by atoms with Gasteiger partial charge in [-0.2, -0.15) is 0 Å². The summed E-state index contributed by atoms with van der Waals surface area (Å²) < 4.78 is 0. The van der Waals surface area contributed by atoms with Crippen molar-refractivity contribution in [3.63, 3.8) is 0 Å². The van der Waals surface area contributed by atoms with Gasteiger partial charge in [0.25, 0.3) is 0 Å². The van der Waals surface area contributed by atoms with E-state index in [9.17, 15) is 0 Å². The summed E-state index contributed by atoms with van der Waals surface area (Å²) in [5.74, 6) is 0. The number of allylic oxidation sites excluding steroid dienone is 2. The maximum Gasteiger partial charge on any atom is -0.0206 e. The molecule has 0 amide bonds. The van der Waals surface area contributed by atoms with Crippen molar-refractivity contribution in [3.05, 3.63) is 144 Å². The van der Waals surface area contributed by atoms with Crippen LogP contribution in [0, 0.1) is 0 Å². The van der Waals surface area contributed by atoms with Gasteiger partial charge in [-0.15, -0.1) is 0 Å². The molecule has 0 nitrogen and oxygen atoms in total. The van der Waals surface area contributed by atoms with E-state index in [0.29, 0.717) is 9.52 Å². The summed E-state index contributed by atoms with van der Waals surface area (Å²) in [5, 5.41) is 2.85. The van der Waals surface area contributed by atoms with Gasteiger partial charge in [-0.3, -0.25) is 0 Å². The van der Waals surface area contributed by atoms with Gasteiger partial charge < -0.3 is 9.52 Å². The van der Waals surface area contributed by atoms with Crippen LogP contribution in [0.2, 0.25) is 0 Å². The van der Waals surface area contributed by atoms with E-state index in [2.05, 4.69) is 121 Å². The van der Waals surface area contributed by atoms with E-state index in [1.807, 2.05) is 0 Å². The second-order valence-corrected chi connectivity index (χ2v) is 8.34. The Morgan fingerprint density at radius 2 is 0.586 bits per heavy atom. The topological polar surface area (TPSA) is 0 Å². The molecule has 1 aliphatic rings. The lowest BCUT2D eigenvalue weighted by molar-refractivity contribution is 1.58. The largest absolute Gasteiger partial charge is 0.393 e. The van der Waals surface area contributed by atoms with E-state index in [0.717, 1.165) is 0 Å². The van der Waals surface area contributed by atoms with Crippen LogP contribution in [0.1, 0.15) is 22.3 Å². The Hall–Kier alpha value is -3.42. The van der Waals surface area contributed by atoms with Crippen molar-refractivity contribution < 1.29 is 0 Å². The molecule has 0 spiro atoms. The molecule has 29 heavy (non-hydrogen) atoms. The van der Waals surface area contributed by atoms with Crippen LogP contribution in [0.5, 0.6) is 0 Å². The van der Waals surface area contributed by atoms with E-state index in [4.69, 9.17) is 0 Å². The lowest BCUT2D eigenvalue weighted by Crippen LogP contribution is -1.96. The molecule has 0 aromatic heterocycles. The number of hydrogen-bond donors (Lipinski definition) is 0. The average molecular weight is 385 g/mol. The maximum absolute atomic E-state index is 2.24. The summed E-state index contributed by atoms with van der Waals surface area (Å²) >= 11 is 0. The van der Waals surface area contributed by atoms with Gasteiger partial charge in [0, 0.05) is 0 Å². The normalized spacial score (nSPS) is 13.5. The van der Waals surface area contributed by atoms with Crippen molar-refractivity contribution in [1.29, 1.82) is 0 Å². The summed E-state index contributed by atoms with van der Waals surface area (Å²) in [7, 11) is 0.617. The zero-order valence-electron chi connectivity index (χ0n) is 16.0. The molecule has 0 bridgehead atoms. The van der Waals surface area contributed by atoms with Crippen LogP contribution in [-0.2, 0) is 0 Å². The Morgan fingerprint density at radius 3 is 0.897 bits per heavy atom. The van der Waals surface area contributed by atoms with Gasteiger partial charge in [0.15, 0.2) is 0 Å². The fraction of sp³-hybridized carbons (Fsp3) is 0. The van der Waals surface area contributed by atoms with Crippen molar-refractivity contribution in [2.24, 2.45) is 0 Å². The van der Waals surface area contributed by atoms with Crippen molar-refractivity contribution in [1.82, 2.24) is 0 Å². The molecule has 0 saturated carbocycles. The maximum atomic E-state index is 2.24. The number of rotatable bonds is 4. The van der Waals surface area contributed by atoms with Crippen LogP contribution in [0.4, 0.5) is 0 Å². The second kappa shape index (κ2) is 7.90. The Kier molecular flexibility index (Phi) is 4.81. The molecule has 4 aromatic rings. The highest BCUT2D eigenvalue weighted by molar-refractivity contribution is 6.87. The third kappa shape index (κ3) is 3.41. The van der Waals surface area contributed by atoms with Gasteiger partial charge in [-0.25, -0.2) is 10.4 Å². The van der Waals surface area contributed by atoms with Crippen LogP contribution >= 0.6 is 0 Å². The summed E-state index contributed by atoms with van der Waals surface area (Å²) in [5.41, 5.74) is 7.90. The van der Waals surface area contributed by atoms with Gasteiger partial charge in [0.05, 0.1) is 0 Å². The molecule has 1 aliphatic heterocycles. The first-order valence-electron chi connectivity index (χ1n) is 9.89. The van der Waals surface area contributed by atoms with Crippen molar-refractivity contribution in [2.45, 2.75) is 0 Å². The van der Waals surface area contributed by atoms with Gasteiger partial charge in [-0.1, -0.05) is 132 Å². The monoisotopic (exact) mass is 384 g/mol. The molecular formula is C28H20Si-. The zero-order chi connectivity index (χ0) is 19.5. The molecule has 4 aromatic carbocycles. The quantitative estimate of drug-likeness (QED) is 0.338. The minimum Gasteiger partial charge on any atom is -0.393 e. The van der Waals surface area contributed by atoms with Gasteiger partial charge in [-0.05, 0) is 22.3 Å². The molecular weight excluding hydrogens is 364 g/mol. The van der Waals surface area contributed by atoms with Gasteiger partial charge in [0.1, 0.15) is 0 Å². The van der Waals surface area contributed by atoms with Crippen LogP contribution in [0.15, 0.2) is 121 Å². The van der Waals surface area contributed by atoms with E-state index in [1.165, 1.54) is 43.8 Å². The third-order valence-electron chi connectivity index (χ3n) is 5.25. The third-order valence-corrected chi connectivity index (χ3v) is 6.83. The molecule has 0 unspecified atom stereocenters. The van der Waals surface area contributed by atoms with Gasteiger partial charge >= 0.3 is 0 Å². The number of hydrogen-bond acceptors (Lipinski definition) is 0.